The predicted molar refractivity (Wildman–Crippen MR) is 71.2 cm³/mol. The second-order valence-corrected chi connectivity index (χ2v) is 4.80. The molecule has 4 nitrogen and oxygen atoms in total. The number of nitrogens with one attached hydrogen (secondary N) is 1. The largest absolute Gasteiger partial charge is 0.480 e. The molecule has 2 N–H and O–H groups in total. The Kier molecular flexibility index (Phi) is 5.41. The standard InChI is InChI=1S/C12H17BrN2O2/c1-3-4-5-10(12(16)17)15-11-7-6-9(13)8(2)14-11/h6-7,10H,3-5H2,1-2H3,(H,14,15)(H,16,17)/t10-/m0/s1. The van der Waals surface area contributed by atoms with E-state index in [2.05, 4.69) is 26.2 Å². The van der Waals surface area contributed by atoms with Gasteiger partial charge in [0.25, 0.3) is 0 Å². The van der Waals surface area contributed by atoms with Crippen molar-refractivity contribution < 1.29 is 9.90 Å². The molecule has 0 fully saturated rings. The molecule has 17 heavy (non-hydrogen) atoms. The first kappa shape index (κ1) is 14.0. The Balaban J connectivity index is 2.71. The van der Waals surface area contributed by atoms with Crippen molar-refractivity contribution >= 4 is 27.7 Å². The summed E-state index contributed by atoms with van der Waals surface area (Å²) in [7, 11) is 0. The number of aliphatic carboxylic acids is 1. The molecule has 0 bridgehead atoms. The van der Waals surface area contributed by atoms with Gasteiger partial charge >= 0.3 is 5.97 Å². The Labute approximate surface area is 110 Å². The average molecular weight is 301 g/mol. The monoisotopic (exact) mass is 300 g/mol. The van der Waals surface area contributed by atoms with Crippen molar-refractivity contribution in [2.75, 3.05) is 5.32 Å². The van der Waals surface area contributed by atoms with Gasteiger partial charge in [0.1, 0.15) is 11.9 Å². The normalized spacial score (nSPS) is 12.2. The number of carboxylic acid groups (broad SMARTS) is 1. The van der Waals surface area contributed by atoms with E-state index < -0.39 is 12.0 Å². The van der Waals surface area contributed by atoms with E-state index in [0.717, 1.165) is 23.0 Å². The summed E-state index contributed by atoms with van der Waals surface area (Å²) in [4.78, 5) is 15.3. The third-order valence-electron chi connectivity index (χ3n) is 2.49. The smallest absolute Gasteiger partial charge is 0.326 e. The van der Waals surface area contributed by atoms with Crippen LogP contribution in [-0.2, 0) is 4.79 Å². The summed E-state index contributed by atoms with van der Waals surface area (Å²) in [6.45, 7) is 3.91. The molecule has 94 valence electrons. The molecule has 5 heteroatoms. The van der Waals surface area contributed by atoms with Crippen LogP contribution in [0.25, 0.3) is 0 Å². The molecule has 1 heterocycles. The van der Waals surface area contributed by atoms with E-state index in [1.807, 2.05) is 19.9 Å². The highest BCUT2D eigenvalue weighted by Crippen LogP contribution is 2.17. The maximum absolute atomic E-state index is 11.1. The Morgan fingerprint density at radius 3 is 2.82 bits per heavy atom. The van der Waals surface area contributed by atoms with Gasteiger partial charge in [-0.15, -0.1) is 0 Å². The molecular weight excluding hydrogens is 284 g/mol. The molecule has 1 aromatic heterocycles. The number of pyridine rings is 1. The van der Waals surface area contributed by atoms with Crippen molar-refractivity contribution in [1.29, 1.82) is 0 Å². The van der Waals surface area contributed by atoms with Gasteiger partial charge in [-0.25, -0.2) is 9.78 Å². The van der Waals surface area contributed by atoms with E-state index >= 15 is 0 Å². The molecule has 0 aromatic carbocycles. The third kappa shape index (κ3) is 4.34. The van der Waals surface area contributed by atoms with E-state index in [4.69, 9.17) is 5.11 Å². The number of hydrogen-bond acceptors (Lipinski definition) is 3. The zero-order valence-corrected chi connectivity index (χ0v) is 11.6. The summed E-state index contributed by atoms with van der Waals surface area (Å²) in [5.74, 6) is -0.227. The molecule has 0 saturated heterocycles. The molecule has 0 saturated carbocycles. The van der Waals surface area contributed by atoms with Crippen molar-refractivity contribution in [3.63, 3.8) is 0 Å². The summed E-state index contributed by atoms with van der Waals surface area (Å²) in [6.07, 6.45) is 2.49. The van der Waals surface area contributed by atoms with Crippen LogP contribution in [0.5, 0.6) is 0 Å². The van der Waals surface area contributed by atoms with Crippen molar-refractivity contribution in [3.05, 3.63) is 22.3 Å². The molecule has 0 spiro atoms. The number of anilines is 1. The van der Waals surface area contributed by atoms with Crippen molar-refractivity contribution in [2.24, 2.45) is 0 Å². The summed E-state index contributed by atoms with van der Waals surface area (Å²) in [5, 5.41) is 12.0. The maximum atomic E-state index is 11.1. The van der Waals surface area contributed by atoms with E-state index in [-0.39, 0.29) is 0 Å². The zero-order valence-electron chi connectivity index (χ0n) is 10.0. The Morgan fingerprint density at radius 1 is 1.59 bits per heavy atom. The van der Waals surface area contributed by atoms with Crippen LogP contribution in [0.4, 0.5) is 5.82 Å². The van der Waals surface area contributed by atoms with Gasteiger partial charge in [0.2, 0.25) is 0 Å². The van der Waals surface area contributed by atoms with Gasteiger partial charge in [0.05, 0.1) is 5.69 Å². The summed E-state index contributed by atoms with van der Waals surface area (Å²) in [5.41, 5.74) is 0.842. The van der Waals surface area contributed by atoms with Crippen LogP contribution in [0.2, 0.25) is 0 Å². The van der Waals surface area contributed by atoms with Crippen LogP contribution in [0, 0.1) is 6.92 Å². The molecule has 0 radical (unpaired) electrons. The number of carboxylic acids is 1. The van der Waals surface area contributed by atoms with E-state index in [1.54, 1.807) is 6.07 Å². The molecule has 0 unspecified atom stereocenters. The van der Waals surface area contributed by atoms with Crippen LogP contribution in [-0.4, -0.2) is 22.1 Å². The highest BCUT2D eigenvalue weighted by Gasteiger charge is 2.16. The SMILES string of the molecule is CCCC[C@H](Nc1ccc(Br)c(C)n1)C(=O)O. The molecule has 0 amide bonds. The van der Waals surface area contributed by atoms with Gasteiger partial charge in [-0.3, -0.25) is 0 Å². The second-order valence-electron chi connectivity index (χ2n) is 3.94. The average Bonchev–Trinajstić information content (AvgIpc) is 2.28. The van der Waals surface area contributed by atoms with Crippen LogP contribution < -0.4 is 5.32 Å². The lowest BCUT2D eigenvalue weighted by Crippen LogP contribution is -2.29. The number of hydrogen-bond donors (Lipinski definition) is 2. The number of aromatic nitrogens is 1. The van der Waals surface area contributed by atoms with E-state index in [0.29, 0.717) is 12.2 Å². The summed E-state index contributed by atoms with van der Waals surface area (Å²) >= 11 is 3.36. The van der Waals surface area contributed by atoms with E-state index in [9.17, 15) is 4.79 Å². The number of aryl methyl sites for hydroxylation is 1. The van der Waals surface area contributed by atoms with Gasteiger partial charge in [0, 0.05) is 4.47 Å². The fourth-order valence-electron chi connectivity index (χ4n) is 1.47. The van der Waals surface area contributed by atoms with Crippen molar-refractivity contribution in [1.82, 2.24) is 4.98 Å². The molecule has 1 aromatic rings. The minimum atomic E-state index is -0.833. The molecule has 0 aliphatic carbocycles. The topological polar surface area (TPSA) is 62.2 Å². The highest BCUT2D eigenvalue weighted by molar-refractivity contribution is 9.10. The molecular formula is C12H17BrN2O2. The number of unbranched alkanes of at least 4 members (excludes halogenated alkanes) is 1. The first-order chi connectivity index (χ1) is 8.04. The van der Waals surface area contributed by atoms with Gasteiger partial charge in [0.15, 0.2) is 0 Å². The van der Waals surface area contributed by atoms with Crippen LogP contribution in [0.3, 0.4) is 0 Å². The first-order valence-corrected chi connectivity index (χ1v) is 6.46. The molecule has 0 aliphatic heterocycles. The Hall–Kier alpha value is -1.10. The lowest BCUT2D eigenvalue weighted by atomic mass is 10.1. The maximum Gasteiger partial charge on any atom is 0.326 e. The fourth-order valence-corrected chi connectivity index (χ4v) is 1.69. The van der Waals surface area contributed by atoms with Crippen LogP contribution in [0.15, 0.2) is 16.6 Å². The Morgan fingerprint density at radius 2 is 2.29 bits per heavy atom. The summed E-state index contributed by atoms with van der Waals surface area (Å²) in [6, 6.07) is 3.07. The lowest BCUT2D eigenvalue weighted by molar-refractivity contribution is -0.138. The minimum Gasteiger partial charge on any atom is -0.480 e. The van der Waals surface area contributed by atoms with Gasteiger partial charge in [-0.2, -0.15) is 0 Å². The highest BCUT2D eigenvalue weighted by atomic mass is 79.9. The first-order valence-electron chi connectivity index (χ1n) is 5.67. The lowest BCUT2D eigenvalue weighted by Gasteiger charge is -2.15. The number of halogens is 1. The minimum absolute atomic E-state index is 0.567. The second kappa shape index (κ2) is 6.59. The van der Waals surface area contributed by atoms with Crippen molar-refractivity contribution in [2.45, 2.75) is 39.2 Å². The number of rotatable bonds is 6. The van der Waals surface area contributed by atoms with Crippen LogP contribution >= 0.6 is 15.9 Å². The number of nitrogens with zero attached hydrogens (tertiary/aromatic N) is 1. The molecule has 0 aliphatic rings. The van der Waals surface area contributed by atoms with Crippen LogP contribution in [0.1, 0.15) is 31.9 Å². The van der Waals surface area contributed by atoms with Gasteiger partial charge in [-0.1, -0.05) is 19.8 Å². The Bertz CT molecular complexity index is 396. The fraction of sp³-hybridized carbons (Fsp3) is 0.500. The number of carbonyl (C=O) groups is 1. The van der Waals surface area contributed by atoms with E-state index in [1.165, 1.54) is 0 Å². The molecule has 1 rings (SSSR count). The van der Waals surface area contributed by atoms with Gasteiger partial charge < -0.3 is 10.4 Å². The molecule has 1 atom stereocenters. The summed E-state index contributed by atoms with van der Waals surface area (Å²) < 4.78 is 0.920. The predicted octanol–water partition coefficient (Wildman–Crippen LogP) is 3.21. The van der Waals surface area contributed by atoms with Gasteiger partial charge in [-0.05, 0) is 41.4 Å². The third-order valence-corrected chi connectivity index (χ3v) is 3.33. The quantitative estimate of drug-likeness (QED) is 0.847. The zero-order chi connectivity index (χ0) is 12.8. The van der Waals surface area contributed by atoms with Crippen molar-refractivity contribution in [3.8, 4) is 0 Å².